The van der Waals surface area contributed by atoms with Gasteiger partial charge in [0.1, 0.15) is 6.26 Å². The van der Waals surface area contributed by atoms with Crippen LogP contribution >= 0.6 is 0 Å². The van der Waals surface area contributed by atoms with Gasteiger partial charge in [0, 0.05) is 18.2 Å². The molecule has 0 atom stereocenters. The maximum absolute atomic E-state index is 12.0. The number of carbonyl (C=O) groups excluding carboxylic acids is 1. The van der Waals surface area contributed by atoms with E-state index in [-0.39, 0.29) is 11.3 Å². The molecule has 1 amide bonds. The molecule has 0 bridgehead atoms. The number of rotatable bonds is 8. The zero-order valence-electron chi connectivity index (χ0n) is 14.1. The van der Waals surface area contributed by atoms with Gasteiger partial charge in [-0.3, -0.25) is 4.79 Å². The predicted molar refractivity (Wildman–Crippen MR) is 87.8 cm³/mol. The van der Waals surface area contributed by atoms with Gasteiger partial charge < -0.3 is 29.1 Å². The van der Waals surface area contributed by atoms with Crippen molar-refractivity contribution in [1.82, 2.24) is 5.32 Å². The Morgan fingerprint density at radius 2 is 1.84 bits per heavy atom. The van der Waals surface area contributed by atoms with Gasteiger partial charge in [-0.05, 0) is 12.5 Å². The van der Waals surface area contributed by atoms with Gasteiger partial charge in [0.05, 0.1) is 26.9 Å². The summed E-state index contributed by atoms with van der Waals surface area (Å²) in [4.78, 5) is 22.8. The fourth-order valence-electron chi connectivity index (χ4n) is 2.33. The first-order valence-corrected chi connectivity index (χ1v) is 7.39. The minimum Gasteiger partial charge on any atom is -0.493 e. The number of carboxylic acids is 1. The minimum absolute atomic E-state index is 0.0586. The van der Waals surface area contributed by atoms with Gasteiger partial charge in [0.25, 0.3) is 5.91 Å². The molecule has 2 aromatic rings. The van der Waals surface area contributed by atoms with Crippen molar-refractivity contribution < 1.29 is 33.3 Å². The molecule has 1 heterocycles. The van der Waals surface area contributed by atoms with E-state index in [1.807, 2.05) is 6.07 Å². The summed E-state index contributed by atoms with van der Waals surface area (Å²) in [7, 11) is 4.57. The molecule has 0 radical (unpaired) electrons. The highest BCUT2D eigenvalue weighted by Gasteiger charge is 2.17. The number of nitrogens with one attached hydrogen (secondary N) is 1. The maximum Gasteiger partial charge on any atom is 0.338 e. The Bertz CT molecular complexity index is 766. The Balaban J connectivity index is 2.03. The first-order valence-electron chi connectivity index (χ1n) is 7.39. The van der Waals surface area contributed by atoms with Crippen LogP contribution in [-0.4, -0.2) is 44.9 Å². The summed E-state index contributed by atoms with van der Waals surface area (Å²) >= 11 is 0. The quantitative estimate of drug-likeness (QED) is 0.750. The molecule has 0 saturated heterocycles. The molecule has 0 fully saturated rings. The topological polar surface area (TPSA) is 107 Å². The first-order chi connectivity index (χ1) is 12.0. The normalized spacial score (nSPS) is 10.2. The number of benzene rings is 1. The summed E-state index contributed by atoms with van der Waals surface area (Å²) in [5.41, 5.74) is 0.748. The van der Waals surface area contributed by atoms with E-state index in [0.29, 0.717) is 30.2 Å². The van der Waals surface area contributed by atoms with Crippen molar-refractivity contribution in [3.8, 4) is 17.2 Å². The molecule has 0 aliphatic carbocycles. The number of furan rings is 1. The van der Waals surface area contributed by atoms with Gasteiger partial charge in [-0.25, -0.2) is 4.79 Å². The lowest BCUT2D eigenvalue weighted by Gasteiger charge is -2.15. The van der Waals surface area contributed by atoms with Gasteiger partial charge >= 0.3 is 5.97 Å². The second kappa shape index (κ2) is 8.09. The molecule has 0 aliphatic rings. The Kier molecular flexibility index (Phi) is 5.89. The maximum atomic E-state index is 12.0. The zero-order valence-corrected chi connectivity index (χ0v) is 14.1. The summed E-state index contributed by atoms with van der Waals surface area (Å²) in [5, 5.41) is 11.5. The largest absolute Gasteiger partial charge is 0.493 e. The number of hydrogen-bond acceptors (Lipinski definition) is 6. The van der Waals surface area contributed by atoms with Crippen molar-refractivity contribution in [2.45, 2.75) is 6.42 Å². The van der Waals surface area contributed by atoms with Gasteiger partial charge in [0.2, 0.25) is 5.75 Å². The third-order valence-corrected chi connectivity index (χ3v) is 3.54. The van der Waals surface area contributed by atoms with Crippen LogP contribution in [0.2, 0.25) is 0 Å². The highest BCUT2D eigenvalue weighted by molar-refractivity contribution is 5.95. The number of carbonyl (C=O) groups is 2. The summed E-state index contributed by atoms with van der Waals surface area (Å²) in [5.74, 6) is -0.154. The van der Waals surface area contributed by atoms with Gasteiger partial charge in [-0.15, -0.1) is 0 Å². The van der Waals surface area contributed by atoms with Gasteiger partial charge in [0.15, 0.2) is 17.3 Å². The van der Waals surface area contributed by atoms with Crippen LogP contribution in [0.25, 0.3) is 0 Å². The summed E-state index contributed by atoms with van der Waals surface area (Å²) < 4.78 is 20.9. The van der Waals surface area contributed by atoms with E-state index in [2.05, 4.69) is 5.32 Å². The zero-order chi connectivity index (χ0) is 18.4. The second-order valence-electron chi connectivity index (χ2n) is 5.00. The number of methoxy groups -OCH3 is 3. The standard InChI is InChI=1S/C17H19NO7/c1-22-12-5-4-10(14(23-2)15(12)24-3)6-7-18-16(19)13-8-11(9-25-13)17(20)21/h4-5,8-9H,6-7H2,1-3H3,(H,18,19)(H,20,21). The van der Waals surface area contributed by atoms with Gasteiger partial charge in [-0.1, -0.05) is 6.07 Å². The van der Waals surface area contributed by atoms with Crippen LogP contribution in [0.3, 0.4) is 0 Å². The van der Waals surface area contributed by atoms with E-state index in [4.69, 9.17) is 23.7 Å². The number of amides is 1. The molecule has 25 heavy (non-hydrogen) atoms. The van der Waals surface area contributed by atoms with E-state index < -0.39 is 11.9 Å². The Morgan fingerprint density at radius 1 is 1.12 bits per heavy atom. The van der Waals surface area contributed by atoms with Crippen molar-refractivity contribution in [3.05, 3.63) is 41.3 Å². The van der Waals surface area contributed by atoms with Crippen molar-refractivity contribution >= 4 is 11.9 Å². The average molecular weight is 349 g/mol. The number of hydrogen-bond donors (Lipinski definition) is 2. The van der Waals surface area contributed by atoms with E-state index in [1.165, 1.54) is 27.4 Å². The molecule has 2 rings (SSSR count). The van der Waals surface area contributed by atoms with Crippen LogP contribution in [0.15, 0.2) is 28.9 Å². The SMILES string of the molecule is COc1ccc(CCNC(=O)c2cc(C(=O)O)co2)c(OC)c1OC. The van der Waals surface area contributed by atoms with Crippen LogP contribution in [-0.2, 0) is 6.42 Å². The summed E-state index contributed by atoms with van der Waals surface area (Å²) in [6.45, 7) is 0.299. The van der Waals surface area contributed by atoms with Crippen molar-refractivity contribution in [2.24, 2.45) is 0 Å². The van der Waals surface area contributed by atoms with Crippen molar-refractivity contribution in [1.29, 1.82) is 0 Å². The third-order valence-electron chi connectivity index (χ3n) is 3.54. The van der Waals surface area contributed by atoms with Crippen LogP contribution in [0.1, 0.15) is 26.5 Å². The molecule has 1 aromatic heterocycles. The van der Waals surface area contributed by atoms with Crippen LogP contribution in [0.5, 0.6) is 17.2 Å². The molecule has 0 saturated carbocycles. The lowest BCUT2D eigenvalue weighted by molar-refractivity contribution is 0.0695. The molecule has 1 aromatic carbocycles. The summed E-state index contributed by atoms with van der Waals surface area (Å²) in [6, 6.07) is 4.75. The smallest absolute Gasteiger partial charge is 0.338 e. The van der Waals surface area contributed by atoms with Crippen LogP contribution in [0, 0.1) is 0 Å². The predicted octanol–water partition coefficient (Wildman–Crippen LogP) is 1.98. The highest BCUT2D eigenvalue weighted by atomic mass is 16.5. The Morgan fingerprint density at radius 3 is 2.40 bits per heavy atom. The van der Waals surface area contributed by atoms with Crippen molar-refractivity contribution in [2.75, 3.05) is 27.9 Å². The van der Waals surface area contributed by atoms with E-state index in [1.54, 1.807) is 6.07 Å². The average Bonchev–Trinajstić information content (AvgIpc) is 3.11. The highest BCUT2D eigenvalue weighted by Crippen LogP contribution is 2.39. The molecular weight excluding hydrogens is 330 g/mol. The summed E-state index contributed by atoms with van der Waals surface area (Å²) in [6.07, 6.45) is 1.50. The molecule has 134 valence electrons. The second-order valence-corrected chi connectivity index (χ2v) is 5.00. The van der Waals surface area contributed by atoms with Gasteiger partial charge in [-0.2, -0.15) is 0 Å². The van der Waals surface area contributed by atoms with E-state index in [0.717, 1.165) is 11.8 Å². The van der Waals surface area contributed by atoms with Crippen molar-refractivity contribution in [3.63, 3.8) is 0 Å². The monoisotopic (exact) mass is 349 g/mol. The lowest BCUT2D eigenvalue weighted by atomic mass is 10.1. The molecule has 0 unspecified atom stereocenters. The minimum atomic E-state index is -1.15. The van der Waals surface area contributed by atoms with Crippen LogP contribution < -0.4 is 19.5 Å². The van der Waals surface area contributed by atoms with E-state index >= 15 is 0 Å². The Hall–Kier alpha value is -3.16. The number of aromatic carboxylic acids is 1. The molecule has 2 N–H and O–H groups in total. The van der Waals surface area contributed by atoms with Crippen LogP contribution in [0.4, 0.5) is 0 Å². The number of ether oxygens (including phenoxy) is 3. The third kappa shape index (κ3) is 4.03. The first kappa shape index (κ1) is 18.2. The molecule has 0 spiro atoms. The molecular formula is C17H19NO7. The Labute approximate surface area is 144 Å². The molecule has 8 nitrogen and oxygen atoms in total. The lowest BCUT2D eigenvalue weighted by Crippen LogP contribution is -2.25. The van der Waals surface area contributed by atoms with E-state index in [9.17, 15) is 9.59 Å². The fourth-order valence-corrected chi connectivity index (χ4v) is 2.33. The molecule has 0 aliphatic heterocycles. The number of carboxylic acid groups (broad SMARTS) is 1. The fraction of sp³-hybridized carbons (Fsp3) is 0.294. The molecule has 8 heteroatoms.